The molecule has 1 aliphatic heterocycles. The lowest BCUT2D eigenvalue weighted by Crippen LogP contribution is -2.52. The molecule has 1 saturated carbocycles. The molecule has 0 spiro atoms. The highest BCUT2D eigenvalue weighted by atomic mass is 79.9. The Hall–Kier alpha value is -0.620. The molecule has 2 aliphatic rings. The van der Waals surface area contributed by atoms with E-state index in [-0.39, 0.29) is 35.8 Å². The van der Waals surface area contributed by atoms with Gasteiger partial charge >= 0.3 is 0 Å². The number of ether oxygens (including phenoxy) is 1. The largest absolute Gasteiger partial charge is 0.381 e. The minimum Gasteiger partial charge on any atom is -0.381 e. The predicted octanol–water partition coefficient (Wildman–Crippen LogP) is 3.51. The van der Waals surface area contributed by atoms with Crippen LogP contribution in [0.2, 0.25) is 0 Å². The summed E-state index contributed by atoms with van der Waals surface area (Å²) in [5.41, 5.74) is 6.91. The summed E-state index contributed by atoms with van der Waals surface area (Å²) in [5, 5.41) is 3.37. The van der Waals surface area contributed by atoms with Crippen molar-refractivity contribution in [1.82, 2.24) is 5.32 Å². The molecule has 1 amide bonds. The van der Waals surface area contributed by atoms with Gasteiger partial charge < -0.3 is 15.8 Å². The van der Waals surface area contributed by atoms with E-state index in [1.54, 1.807) is 0 Å². The zero-order valence-corrected chi connectivity index (χ0v) is 16.2. The molecule has 3 N–H and O–H groups in total. The normalized spacial score (nSPS) is 26.2. The van der Waals surface area contributed by atoms with Crippen LogP contribution < -0.4 is 11.1 Å². The van der Waals surface area contributed by atoms with Crippen LogP contribution >= 0.6 is 28.3 Å². The van der Waals surface area contributed by atoms with Crippen LogP contribution in [-0.2, 0) is 15.1 Å². The van der Waals surface area contributed by atoms with Crippen LogP contribution in [0.4, 0.5) is 0 Å². The summed E-state index contributed by atoms with van der Waals surface area (Å²) >= 11 is 3.48. The third-order valence-electron chi connectivity index (χ3n) is 5.19. The second-order valence-corrected chi connectivity index (χ2v) is 7.73. The van der Waals surface area contributed by atoms with Crippen molar-refractivity contribution in [3.63, 3.8) is 0 Å². The van der Waals surface area contributed by atoms with Gasteiger partial charge in [0.25, 0.3) is 0 Å². The van der Waals surface area contributed by atoms with Crippen LogP contribution in [0, 0.1) is 5.92 Å². The number of benzene rings is 1. The first-order chi connectivity index (χ1) is 11.1. The van der Waals surface area contributed by atoms with Gasteiger partial charge in [-0.25, -0.2) is 0 Å². The lowest BCUT2D eigenvalue weighted by Gasteiger charge is -2.40. The van der Waals surface area contributed by atoms with Crippen molar-refractivity contribution in [2.75, 3.05) is 13.2 Å². The first-order valence-electron chi connectivity index (χ1n) is 8.50. The van der Waals surface area contributed by atoms with Gasteiger partial charge in [-0.15, -0.1) is 12.4 Å². The number of nitrogens with two attached hydrogens (primary N) is 1. The number of hydrogen-bond donors (Lipinski definition) is 2. The van der Waals surface area contributed by atoms with E-state index in [0.717, 1.165) is 48.6 Å². The average molecular weight is 418 g/mol. The quantitative estimate of drug-likeness (QED) is 0.791. The van der Waals surface area contributed by atoms with E-state index in [9.17, 15) is 4.79 Å². The number of rotatable bonds is 3. The maximum Gasteiger partial charge on any atom is 0.223 e. The SMILES string of the molecule is Cl.NC1CCCC(C(=O)NC2(c3ccc(Br)cc3)CCOCC2)C1. The Bertz CT molecular complexity index is 546. The lowest BCUT2D eigenvalue weighted by molar-refractivity contribution is -0.129. The Morgan fingerprint density at radius 2 is 1.88 bits per heavy atom. The third-order valence-corrected chi connectivity index (χ3v) is 5.72. The molecule has 134 valence electrons. The number of carbonyl (C=O) groups excluding carboxylic acids is 1. The summed E-state index contributed by atoms with van der Waals surface area (Å²) in [7, 11) is 0. The van der Waals surface area contributed by atoms with Crippen LogP contribution in [0.5, 0.6) is 0 Å². The van der Waals surface area contributed by atoms with E-state index in [0.29, 0.717) is 13.2 Å². The fourth-order valence-electron chi connectivity index (χ4n) is 3.78. The van der Waals surface area contributed by atoms with Gasteiger partial charge in [-0.3, -0.25) is 4.79 Å². The molecule has 1 heterocycles. The van der Waals surface area contributed by atoms with Crippen molar-refractivity contribution >= 4 is 34.2 Å². The molecule has 3 rings (SSSR count). The van der Waals surface area contributed by atoms with E-state index in [4.69, 9.17) is 10.5 Å². The molecule has 1 saturated heterocycles. The second kappa shape index (κ2) is 8.65. The third kappa shape index (κ3) is 4.51. The zero-order chi connectivity index (χ0) is 16.3. The highest BCUT2D eigenvalue weighted by Gasteiger charge is 2.38. The molecule has 6 heteroatoms. The van der Waals surface area contributed by atoms with Gasteiger partial charge in [-0.05, 0) is 49.8 Å². The van der Waals surface area contributed by atoms with Crippen molar-refractivity contribution < 1.29 is 9.53 Å². The highest BCUT2D eigenvalue weighted by molar-refractivity contribution is 9.10. The molecular weight excluding hydrogens is 392 g/mol. The molecule has 0 bridgehead atoms. The molecular formula is C18H26BrClN2O2. The van der Waals surface area contributed by atoms with E-state index >= 15 is 0 Å². The number of hydrogen-bond acceptors (Lipinski definition) is 3. The van der Waals surface area contributed by atoms with Crippen molar-refractivity contribution in [2.24, 2.45) is 11.7 Å². The van der Waals surface area contributed by atoms with E-state index in [2.05, 4.69) is 33.4 Å². The molecule has 1 aliphatic carbocycles. The Balaban J connectivity index is 0.00000208. The monoisotopic (exact) mass is 416 g/mol. The maximum atomic E-state index is 12.8. The Labute approximate surface area is 158 Å². The van der Waals surface area contributed by atoms with E-state index in [1.165, 1.54) is 0 Å². The van der Waals surface area contributed by atoms with Crippen LogP contribution in [0.1, 0.15) is 44.1 Å². The van der Waals surface area contributed by atoms with Gasteiger partial charge in [0.2, 0.25) is 5.91 Å². The van der Waals surface area contributed by atoms with Crippen LogP contribution in [0.15, 0.2) is 28.7 Å². The second-order valence-electron chi connectivity index (χ2n) is 6.81. The van der Waals surface area contributed by atoms with Crippen molar-refractivity contribution in [1.29, 1.82) is 0 Å². The summed E-state index contributed by atoms with van der Waals surface area (Å²) in [6.45, 7) is 1.36. The van der Waals surface area contributed by atoms with E-state index < -0.39 is 0 Å². The van der Waals surface area contributed by atoms with Gasteiger partial charge in [0.05, 0.1) is 5.54 Å². The standard InChI is InChI=1S/C18H25BrN2O2.ClH/c19-15-6-4-14(5-7-15)18(8-10-23-11-9-18)21-17(22)13-2-1-3-16(20)12-13;/h4-7,13,16H,1-3,8-12,20H2,(H,21,22);1H. The first-order valence-corrected chi connectivity index (χ1v) is 9.30. The van der Waals surface area contributed by atoms with Crippen molar-refractivity contribution in [2.45, 2.75) is 50.1 Å². The average Bonchev–Trinajstić information content (AvgIpc) is 2.56. The van der Waals surface area contributed by atoms with Crippen LogP contribution in [-0.4, -0.2) is 25.2 Å². The molecule has 2 unspecified atom stereocenters. The van der Waals surface area contributed by atoms with Crippen molar-refractivity contribution in [3.05, 3.63) is 34.3 Å². The summed E-state index contributed by atoms with van der Waals surface area (Å²) in [6.07, 6.45) is 5.48. The fourth-order valence-corrected chi connectivity index (χ4v) is 4.04. The van der Waals surface area contributed by atoms with Gasteiger partial charge in [-0.1, -0.05) is 34.5 Å². The summed E-state index contributed by atoms with van der Waals surface area (Å²) in [5.74, 6) is 0.207. The van der Waals surface area contributed by atoms with Gasteiger partial charge in [0, 0.05) is 29.6 Å². The summed E-state index contributed by atoms with van der Waals surface area (Å²) in [6, 6.07) is 8.44. The van der Waals surface area contributed by atoms with E-state index in [1.807, 2.05) is 12.1 Å². The fraction of sp³-hybridized carbons (Fsp3) is 0.611. The lowest BCUT2D eigenvalue weighted by atomic mass is 9.80. The minimum absolute atomic E-state index is 0. The number of carbonyl (C=O) groups is 1. The topological polar surface area (TPSA) is 64.4 Å². The Morgan fingerprint density at radius 3 is 2.50 bits per heavy atom. The molecule has 0 aromatic heterocycles. The molecule has 2 atom stereocenters. The van der Waals surface area contributed by atoms with Crippen LogP contribution in [0.3, 0.4) is 0 Å². The van der Waals surface area contributed by atoms with Gasteiger partial charge in [0.1, 0.15) is 0 Å². The highest BCUT2D eigenvalue weighted by Crippen LogP contribution is 2.34. The molecule has 2 fully saturated rings. The Morgan fingerprint density at radius 1 is 1.21 bits per heavy atom. The molecule has 4 nitrogen and oxygen atoms in total. The summed E-state index contributed by atoms with van der Waals surface area (Å²) in [4.78, 5) is 12.8. The molecule has 24 heavy (non-hydrogen) atoms. The molecule has 0 radical (unpaired) electrons. The predicted molar refractivity (Wildman–Crippen MR) is 101 cm³/mol. The number of amides is 1. The summed E-state index contributed by atoms with van der Waals surface area (Å²) < 4.78 is 6.58. The van der Waals surface area contributed by atoms with Crippen LogP contribution in [0.25, 0.3) is 0 Å². The maximum absolute atomic E-state index is 12.8. The minimum atomic E-state index is -0.308. The smallest absolute Gasteiger partial charge is 0.223 e. The van der Waals surface area contributed by atoms with Gasteiger partial charge in [0.15, 0.2) is 0 Å². The molecule has 1 aromatic carbocycles. The number of halogens is 2. The first kappa shape index (κ1) is 19.7. The zero-order valence-electron chi connectivity index (χ0n) is 13.8. The Kier molecular flexibility index (Phi) is 7.10. The molecule has 1 aromatic rings. The number of nitrogens with one attached hydrogen (secondary N) is 1. The van der Waals surface area contributed by atoms with Crippen molar-refractivity contribution in [3.8, 4) is 0 Å². The van der Waals surface area contributed by atoms with Gasteiger partial charge in [-0.2, -0.15) is 0 Å².